The highest BCUT2D eigenvalue weighted by Crippen LogP contribution is 2.12. The zero-order chi connectivity index (χ0) is 22.8. The van der Waals surface area contributed by atoms with Crippen LogP contribution in [0, 0.1) is 0 Å². The van der Waals surface area contributed by atoms with E-state index in [-0.39, 0.29) is 11.6 Å². The van der Waals surface area contributed by atoms with Crippen molar-refractivity contribution in [3.05, 3.63) is 130 Å². The van der Waals surface area contributed by atoms with Crippen molar-refractivity contribution >= 4 is 35.9 Å². The van der Waals surface area contributed by atoms with Crippen molar-refractivity contribution in [2.24, 2.45) is 0 Å². The average molecular weight is 419 g/mol. The van der Waals surface area contributed by atoms with Crippen molar-refractivity contribution in [3.8, 4) is 0 Å². The van der Waals surface area contributed by atoms with E-state index in [0.29, 0.717) is 11.1 Å². The summed E-state index contributed by atoms with van der Waals surface area (Å²) < 4.78 is 0. The first kappa shape index (κ1) is 22.6. The van der Waals surface area contributed by atoms with Crippen molar-refractivity contribution in [3.63, 3.8) is 0 Å². The highest BCUT2D eigenvalue weighted by Gasteiger charge is 2.01. The minimum absolute atomic E-state index is 0.0240. The fraction of sp³-hybridized carbons (Fsp3) is 0.0667. The number of benzene rings is 3. The van der Waals surface area contributed by atoms with Gasteiger partial charge in [0.05, 0.1) is 0 Å². The van der Waals surface area contributed by atoms with Gasteiger partial charge in [0.25, 0.3) is 0 Å². The lowest BCUT2D eigenvalue weighted by atomic mass is 10.1. The first-order valence-corrected chi connectivity index (χ1v) is 10.5. The summed E-state index contributed by atoms with van der Waals surface area (Å²) in [5, 5.41) is 0. The zero-order valence-corrected chi connectivity index (χ0v) is 18.4. The summed E-state index contributed by atoms with van der Waals surface area (Å²) in [6.07, 6.45) is 10.5. The van der Waals surface area contributed by atoms with Gasteiger partial charge in [-0.2, -0.15) is 0 Å². The van der Waals surface area contributed by atoms with Gasteiger partial charge in [-0.15, -0.1) is 0 Å². The summed E-state index contributed by atoms with van der Waals surface area (Å²) in [5.41, 5.74) is 5.23. The van der Waals surface area contributed by atoms with Crippen LogP contribution < -0.4 is 0 Å². The zero-order valence-electron chi connectivity index (χ0n) is 18.4. The summed E-state index contributed by atoms with van der Waals surface area (Å²) in [6, 6.07) is 27.3. The number of rotatable bonds is 8. The lowest BCUT2D eigenvalue weighted by molar-refractivity contribution is -0.111. The summed E-state index contributed by atoms with van der Waals surface area (Å²) in [6.45, 7) is 3.64. The SMILES string of the molecule is C/C(=C/c1ccccc1)C(=O)/C=C/c1ccc(/C=C/C(=O)/C(C)=C/c2ccccc2)cc1. The van der Waals surface area contributed by atoms with Gasteiger partial charge in [0.15, 0.2) is 11.6 Å². The molecule has 0 spiro atoms. The number of hydrogen-bond donors (Lipinski definition) is 0. The molecule has 0 N–H and O–H groups in total. The normalized spacial score (nSPS) is 12.4. The number of allylic oxidation sites excluding steroid dienone is 4. The van der Waals surface area contributed by atoms with E-state index in [1.807, 2.05) is 111 Å². The van der Waals surface area contributed by atoms with Crippen LogP contribution in [0.1, 0.15) is 36.1 Å². The second-order valence-corrected chi connectivity index (χ2v) is 7.54. The van der Waals surface area contributed by atoms with Gasteiger partial charge in [0.2, 0.25) is 0 Å². The number of hydrogen-bond acceptors (Lipinski definition) is 2. The molecule has 32 heavy (non-hydrogen) atoms. The molecule has 3 aromatic carbocycles. The molecule has 0 heterocycles. The van der Waals surface area contributed by atoms with Crippen molar-refractivity contribution in [2.45, 2.75) is 13.8 Å². The summed E-state index contributed by atoms with van der Waals surface area (Å²) in [7, 11) is 0. The molecule has 3 aromatic rings. The second kappa shape index (κ2) is 11.4. The number of ketones is 2. The maximum atomic E-state index is 12.4. The Morgan fingerprint density at radius 2 is 0.844 bits per heavy atom. The second-order valence-electron chi connectivity index (χ2n) is 7.54. The van der Waals surface area contributed by atoms with Crippen LogP contribution in [0.25, 0.3) is 24.3 Å². The van der Waals surface area contributed by atoms with E-state index in [0.717, 1.165) is 22.3 Å². The smallest absolute Gasteiger partial charge is 0.181 e. The first-order chi connectivity index (χ1) is 15.5. The van der Waals surface area contributed by atoms with Gasteiger partial charge in [0.1, 0.15) is 0 Å². The molecule has 0 aliphatic heterocycles. The molecule has 2 heteroatoms. The fourth-order valence-corrected chi connectivity index (χ4v) is 3.07. The van der Waals surface area contributed by atoms with Crippen LogP contribution in [0.5, 0.6) is 0 Å². The van der Waals surface area contributed by atoms with E-state index in [4.69, 9.17) is 0 Å². The molecule has 0 saturated carbocycles. The van der Waals surface area contributed by atoms with E-state index >= 15 is 0 Å². The molecular formula is C30H26O2. The van der Waals surface area contributed by atoms with Gasteiger partial charge in [-0.3, -0.25) is 9.59 Å². The van der Waals surface area contributed by atoms with Gasteiger partial charge in [-0.05, 0) is 71.6 Å². The van der Waals surface area contributed by atoms with Gasteiger partial charge in [-0.1, -0.05) is 97.1 Å². The highest BCUT2D eigenvalue weighted by molar-refractivity contribution is 6.09. The van der Waals surface area contributed by atoms with E-state index < -0.39 is 0 Å². The predicted octanol–water partition coefficient (Wildman–Crippen LogP) is 7.06. The first-order valence-electron chi connectivity index (χ1n) is 10.5. The fourth-order valence-electron chi connectivity index (χ4n) is 3.07. The third kappa shape index (κ3) is 7.03. The molecule has 158 valence electrons. The van der Waals surface area contributed by atoms with Crippen LogP contribution in [0.15, 0.2) is 108 Å². The molecule has 0 amide bonds. The third-order valence-electron chi connectivity index (χ3n) is 4.93. The Morgan fingerprint density at radius 3 is 1.19 bits per heavy atom. The Hall–Kier alpha value is -4.04. The van der Waals surface area contributed by atoms with Crippen LogP contribution in [0.3, 0.4) is 0 Å². The van der Waals surface area contributed by atoms with Crippen LogP contribution in [0.2, 0.25) is 0 Å². The number of carbonyl (C=O) groups excluding carboxylic acids is 2. The Bertz CT molecular complexity index is 1080. The predicted molar refractivity (Wildman–Crippen MR) is 135 cm³/mol. The van der Waals surface area contributed by atoms with Crippen molar-refractivity contribution in [2.75, 3.05) is 0 Å². The summed E-state index contributed by atoms with van der Waals surface area (Å²) in [4.78, 5) is 24.7. The van der Waals surface area contributed by atoms with Crippen molar-refractivity contribution in [1.29, 1.82) is 0 Å². The van der Waals surface area contributed by atoms with E-state index in [1.165, 1.54) is 0 Å². The Kier molecular flexibility index (Phi) is 8.05. The molecular weight excluding hydrogens is 392 g/mol. The van der Waals surface area contributed by atoms with Crippen molar-refractivity contribution < 1.29 is 9.59 Å². The van der Waals surface area contributed by atoms with Gasteiger partial charge in [-0.25, -0.2) is 0 Å². The lowest BCUT2D eigenvalue weighted by Crippen LogP contribution is -1.94. The Labute approximate surface area is 189 Å². The van der Waals surface area contributed by atoms with Crippen LogP contribution >= 0.6 is 0 Å². The molecule has 0 aliphatic carbocycles. The molecule has 0 radical (unpaired) electrons. The lowest BCUT2D eigenvalue weighted by Gasteiger charge is -1.99. The summed E-state index contributed by atoms with van der Waals surface area (Å²) in [5.74, 6) is -0.0480. The van der Waals surface area contributed by atoms with Crippen molar-refractivity contribution in [1.82, 2.24) is 0 Å². The molecule has 0 aliphatic rings. The molecule has 0 bridgehead atoms. The molecule has 0 fully saturated rings. The molecule has 0 saturated heterocycles. The van der Waals surface area contributed by atoms with Crippen LogP contribution in [-0.4, -0.2) is 11.6 Å². The summed E-state index contributed by atoms with van der Waals surface area (Å²) >= 11 is 0. The Balaban J connectivity index is 1.60. The minimum atomic E-state index is -0.0240. The van der Waals surface area contributed by atoms with E-state index in [9.17, 15) is 9.59 Å². The quantitative estimate of drug-likeness (QED) is 0.367. The molecule has 2 nitrogen and oxygen atoms in total. The molecule has 0 aromatic heterocycles. The van der Waals surface area contributed by atoms with E-state index in [1.54, 1.807) is 24.3 Å². The van der Waals surface area contributed by atoms with Crippen LogP contribution in [-0.2, 0) is 9.59 Å². The minimum Gasteiger partial charge on any atom is -0.290 e. The highest BCUT2D eigenvalue weighted by atomic mass is 16.1. The maximum Gasteiger partial charge on any atom is 0.181 e. The average Bonchev–Trinajstić information content (AvgIpc) is 2.82. The van der Waals surface area contributed by atoms with Gasteiger partial charge >= 0.3 is 0 Å². The number of carbonyl (C=O) groups is 2. The standard InChI is InChI=1S/C30H26O2/c1-23(21-27-9-5-3-6-10-27)29(31)19-17-25-13-15-26(16-14-25)18-20-30(32)24(2)22-28-11-7-4-8-12-28/h3-22H,1-2H3/b19-17+,20-18+,23-21-,24-22+. The van der Waals surface area contributed by atoms with Gasteiger partial charge < -0.3 is 0 Å². The maximum absolute atomic E-state index is 12.4. The van der Waals surface area contributed by atoms with Gasteiger partial charge in [0, 0.05) is 0 Å². The van der Waals surface area contributed by atoms with E-state index in [2.05, 4.69) is 0 Å². The molecule has 3 rings (SSSR count). The topological polar surface area (TPSA) is 34.1 Å². The molecule has 0 unspecified atom stereocenters. The monoisotopic (exact) mass is 418 g/mol. The molecule has 0 atom stereocenters. The third-order valence-corrected chi connectivity index (χ3v) is 4.93. The largest absolute Gasteiger partial charge is 0.290 e. The van der Waals surface area contributed by atoms with Crippen LogP contribution in [0.4, 0.5) is 0 Å². The Morgan fingerprint density at radius 1 is 0.500 bits per heavy atom.